The Bertz CT molecular complexity index is 570. The van der Waals surface area contributed by atoms with E-state index in [9.17, 15) is 9.90 Å². The lowest BCUT2D eigenvalue weighted by Gasteiger charge is -2.18. The molecule has 0 aliphatic carbocycles. The summed E-state index contributed by atoms with van der Waals surface area (Å²) in [6.07, 6.45) is -0.302. The minimum Gasteiger partial charge on any atom is -0.479 e. The Morgan fingerprint density at radius 2 is 1.84 bits per heavy atom. The van der Waals surface area contributed by atoms with Gasteiger partial charge in [0.2, 0.25) is 0 Å². The Labute approximate surface area is 112 Å². The molecule has 2 aromatic rings. The quantitative estimate of drug-likeness (QED) is 0.889. The van der Waals surface area contributed by atoms with Gasteiger partial charge in [0.1, 0.15) is 5.75 Å². The summed E-state index contributed by atoms with van der Waals surface area (Å²) >= 11 is 0. The summed E-state index contributed by atoms with van der Waals surface area (Å²) in [7, 11) is 0. The van der Waals surface area contributed by atoms with Crippen LogP contribution in [0.2, 0.25) is 0 Å². The van der Waals surface area contributed by atoms with Gasteiger partial charge >= 0.3 is 5.97 Å². The van der Waals surface area contributed by atoms with Gasteiger partial charge in [0.25, 0.3) is 0 Å². The molecule has 1 N–H and O–H groups in total. The van der Waals surface area contributed by atoms with Crippen molar-refractivity contribution in [3.05, 3.63) is 42.5 Å². The van der Waals surface area contributed by atoms with Gasteiger partial charge in [0, 0.05) is 5.39 Å². The topological polar surface area (TPSA) is 46.5 Å². The molecule has 0 aliphatic rings. The Kier molecular flexibility index (Phi) is 4.05. The van der Waals surface area contributed by atoms with Crippen LogP contribution in [0.1, 0.15) is 20.3 Å². The van der Waals surface area contributed by atoms with Crippen molar-refractivity contribution in [1.82, 2.24) is 0 Å². The van der Waals surface area contributed by atoms with Crippen LogP contribution in [0.3, 0.4) is 0 Å². The number of carboxylic acid groups (broad SMARTS) is 1. The van der Waals surface area contributed by atoms with E-state index in [0.29, 0.717) is 12.2 Å². The first-order valence-electron chi connectivity index (χ1n) is 6.45. The zero-order valence-corrected chi connectivity index (χ0v) is 11.2. The maximum absolute atomic E-state index is 11.3. The zero-order valence-electron chi connectivity index (χ0n) is 11.2. The monoisotopic (exact) mass is 258 g/mol. The number of benzene rings is 2. The third-order valence-electron chi connectivity index (χ3n) is 2.98. The Hall–Kier alpha value is -2.03. The van der Waals surface area contributed by atoms with Crippen LogP contribution in [0.25, 0.3) is 10.8 Å². The number of carboxylic acids is 1. The summed E-state index contributed by atoms with van der Waals surface area (Å²) in [4.78, 5) is 11.3. The molecule has 0 amide bonds. The second-order valence-corrected chi connectivity index (χ2v) is 5.05. The molecule has 3 heteroatoms. The predicted molar refractivity (Wildman–Crippen MR) is 75.5 cm³/mol. The number of aliphatic carboxylic acids is 1. The highest BCUT2D eigenvalue weighted by Crippen LogP contribution is 2.27. The number of ether oxygens (including phenoxy) is 1. The first kappa shape index (κ1) is 13.4. The van der Waals surface area contributed by atoms with Crippen LogP contribution in [0.15, 0.2) is 42.5 Å². The number of carbonyl (C=O) groups is 1. The molecule has 0 aliphatic heterocycles. The van der Waals surface area contributed by atoms with Crippen LogP contribution >= 0.6 is 0 Å². The Morgan fingerprint density at radius 3 is 2.53 bits per heavy atom. The SMILES string of the molecule is CC(C)C[C@@H](Oc1cccc2ccccc12)C(=O)O. The number of fused-ring (bicyclic) bond motifs is 1. The molecule has 0 unspecified atom stereocenters. The third-order valence-corrected chi connectivity index (χ3v) is 2.98. The predicted octanol–water partition coefficient (Wildman–Crippen LogP) is 3.72. The normalized spacial score (nSPS) is 12.6. The number of rotatable bonds is 5. The van der Waals surface area contributed by atoms with E-state index in [4.69, 9.17) is 4.74 Å². The summed E-state index contributed by atoms with van der Waals surface area (Å²) in [5, 5.41) is 11.2. The van der Waals surface area contributed by atoms with E-state index in [1.54, 1.807) is 0 Å². The fourth-order valence-corrected chi connectivity index (χ4v) is 2.08. The van der Waals surface area contributed by atoms with Crippen molar-refractivity contribution in [2.75, 3.05) is 0 Å². The van der Waals surface area contributed by atoms with E-state index >= 15 is 0 Å². The number of hydrogen-bond donors (Lipinski definition) is 1. The second kappa shape index (κ2) is 5.74. The van der Waals surface area contributed by atoms with Crippen molar-refractivity contribution in [3.63, 3.8) is 0 Å². The first-order valence-corrected chi connectivity index (χ1v) is 6.45. The maximum Gasteiger partial charge on any atom is 0.344 e. The van der Waals surface area contributed by atoms with Gasteiger partial charge < -0.3 is 9.84 Å². The zero-order chi connectivity index (χ0) is 13.8. The van der Waals surface area contributed by atoms with Gasteiger partial charge in [-0.1, -0.05) is 50.2 Å². The molecule has 0 saturated heterocycles. The molecular formula is C16H18O3. The third kappa shape index (κ3) is 3.25. The van der Waals surface area contributed by atoms with E-state index in [-0.39, 0.29) is 5.92 Å². The Morgan fingerprint density at radius 1 is 1.16 bits per heavy atom. The molecule has 0 bridgehead atoms. The maximum atomic E-state index is 11.3. The van der Waals surface area contributed by atoms with Gasteiger partial charge in [-0.05, 0) is 23.8 Å². The van der Waals surface area contributed by atoms with Gasteiger partial charge in [-0.15, -0.1) is 0 Å². The van der Waals surface area contributed by atoms with Crippen LogP contribution in [0.4, 0.5) is 0 Å². The lowest BCUT2D eigenvalue weighted by molar-refractivity contribution is -0.145. The molecule has 0 saturated carbocycles. The molecule has 0 aromatic heterocycles. The Balaban J connectivity index is 2.31. The van der Waals surface area contributed by atoms with Crippen LogP contribution < -0.4 is 4.74 Å². The highest BCUT2D eigenvalue weighted by atomic mass is 16.5. The van der Waals surface area contributed by atoms with Gasteiger partial charge in [-0.2, -0.15) is 0 Å². The van der Waals surface area contributed by atoms with Gasteiger partial charge in [0.15, 0.2) is 6.10 Å². The van der Waals surface area contributed by atoms with Crippen LogP contribution in [0, 0.1) is 5.92 Å². The summed E-state index contributed by atoms with van der Waals surface area (Å²) in [6.45, 7) is 3.98. The highest BCUT2D eigenvalue weighted by Gasteiger charge is 2.21. The van der Waals surface area contributed by atoms with E-state index in [2.05, 4.69) is 0 Å². The van der Waals surface area contributed by atoms with Crippen LogP contribution in [-0.2, 0) is 4.79 Å². The van der Waals surface area contributed by atoms with E-state index < -0.39 is 12.1 Å². The summed E-state index contributed by atoms with van der Waals surface area (Å²) in [5.41, 5.74) is 0. The average molecular weight is 258 g/mol. The lowest BCUT2D eigenvalue weighted by atomic mass is 10.1. The first-order chi connectivity index (χ1) is 9.08. The van der Waals surface area contributed by atoms with Crippen LogP contribution in [0.5, 0.6) is 5.75 Å². The molecule has 2 rings (SSSR count). The molecule has 0 spiro atoms. The molecule has 0 radical (unpaired) electrons. The number of hydrogen-bond acceptors (Lipinski definition) is 2. The summed E-state index contributed by atoms with van der Waals surface area (Å²) in [6, 6.07) is 13.5. The fraction of sp³-hybridized carbons (Fsp3) is 0.312. The highest BCUT2D eigenvalue weighted by molar-refractivity contribution is 5.88. The van der Waals surface area contributed by atoms with Gasteiger partial charge in [0.05, 0.1) is 0 Å². The second-order valence-electron chi connectivity index (χ2n) is 5.05. The minimum atomic E-state index is -0.915. The smallest absolute Gasteiger partial charge is 0.344 e. The molecule has 2 aromatic carbocycles. The molecular weight excluding hydrogens is 240 g/mol. The van der Waals surface area contributed by atoms with E-state index in [1.807, 2.05) is 56.3 Å². The van der Waals surface area contributed by atoms with Crippen molar-refractivity contribution < 1.29 is 14.6 Å². The van der Waals surface area contributed by atoms with Gasteiger partial charge in [-0.25, -0.2) is 4.79 Å². The van der Waals surface area contributed by atoms with Crippen molar-refractivity contribution in [2.45, 2.75) is 26.4 Å². The lowest BCUT2D eigenvalue weighted by Crippen LogP contribution is -2.28. The largest absolute Gasteiger partial charge is 0.479 e. The molecule has 0 heterocycles. The fourth-order valence-electron chi connectivity index (χ4n) is 2.08. The van der Waals surface area contributed by atoms with Gasteiger partial charge in [-0.3, -0.25) is 0 Å². The standard InChI is InChI=1S/C16H18O3/c1-11(2)10-15(16(17)18)19-14-9-5-7-12-6-3-4-8-13(12)14/h3-9,11,15H,10H2,1-2H3,(H,17,18)/t15-/m1/s1. The van der Waals surface area contributed by atoms with Crippen molar-refractivity contribution in [3.8, 4) is 5.75 Å². The summed E-state index contributed by atoms with van der Waals surface area (Å²) < 4.78 is 5.70. The average Bonchev–Trinajstić information content (AvgIpc) is 2.37. The van der Waals surface area contributed by atoms with E-state index in [0.717, 1.165) is 10.8 Å². The van der Waals surface area contributed by atoms with Crippen LogP contribution in [-0.4, -0.2) is 17.2 Å². The molecule has 1 atom stereocenters. The molecule has 19 heavy (non-hydrogen) atoms. The minimum absolute atomic E-state index is 0.274. The summed E-state index contributed by atoms with van der Waals surface area (Å²) in [5.74, 6) is -0.0103. The van der Waals surface area contributed by atoms with Crippen molar-refractivity contribution in [2.24, 2.45) is 5.92 Å². The molecule has 3 nitrogen and oxygen atoms in total. The van der Waals surface area contributed by atoms with Crippen molar-refractivity contribution in [1.29, 1.82) is 0 Å². The van der Waals surface area contributed by atoms with Crippen molar-refractivity contribution >= 4 is 16.7 Å². The molecule has 100 valence electrons. The van der Waals surface area contributed by atoms with E-state index in [1.165, 1.54) is 0 Å². The molecule has 0 fully saturated rings.